The molecule has 2 rings (SSSR count). The van der Waals surface area contributed by atoms with Crippen LogP contribution in [0.1, 0.15) is 69.2 Å². The third-order valence-corrected chi connectivity index (χ3v) is 7.50. The molecule has 0 aliphatic carbocycles. The number of quaternary nitrogens is 2. The minimum Gasteiger partial charge on any atom is -0.408 e. The fourth-order valence-corrected chi connectivity index (χ4v) is 4.93. The van der Waals surface area contributed by atoms with E-state index in [1.807, 2.05) is 12.1 Å². The van der Waals surface area contributed by atoms with Crippen molar-refractivity contribution in [3.63, 3.8) is 0 Å². The molecule has 0 aromatic carbocycles. The summed E-state index contributed by atoms with van der Waals surface area (Å²) in [6, 6.07) is 7.23. The van der Waals surface area contributed by atoms with Crippen LogP contribution in [0.15, 0.2) is 36.7 Å². The molecule has 43 heavy (non-hydrogen) atoms. The van der Waals surface area contributed by atoms with Gasteiger partial charge in [0, 0.05) is 40.6 Å². The Morgan fingerprint density at radius 1 is 0.605 bits per heavy atom. The average molecular weight is 601 g/mol. The van der Waals surface area contributed by atoms with Crippen molar-refractivity contribution < 1.29 is 28.0 Å². The summed E-state index contributed by atoms with van der Waals surface area (Å²) >= 11 is 0. The number of unbranched alkanes of at least 4 members (excludes halogenated alkanes) is 8. The monoisotopic (exact) mass is 600 g/mol. The highest BCUT2D eigenvalue weighted by atomic mass is 16.6. The molecule has 0 fully saturated rings. The van der Waals surface area contributed by atoms with Crippen LogP contribution in [0.4, 0.5) is 9.59 Å². The van der Waals surface area contributed by atoms with Crippen molar-refractivity contribution in [2.24, 2.45) is 0 Å². The van der Waals surface area contributed by atoms with Crippen LogP contribution >= 0.6 is 0 Å². The number of pyridine rings is 2. The number of aromatic nitrogens is 2. The zero-order chi connectivity index (χ0) is 31.9. The lowest BCUT2D eigenvalue weighted by atomic mass is 10.1. The number of amides is 2. The van der Waals surface area contributed by atoms with Crippen LogP contribution in [0, 0.1) is 0 Å². The lowest BCUT2D eigenvalue weighted by Gasteiger charge is -2.30. The molecule has 2 aromatic heterocycles. The van der Waals surface area contributed by atoms with Gasteiger partial charge >= 0.3 is 12.2 Å². The molecule has 0 saturated heterocycles. The van der Waals surface area contributed by atoms with Crippen molar-refractivity contribution in [1.82, 2.24) is 19.8 Å². The first-order chi connectivity index (χ1) is 20.3. The summed E-state index contributed by atoms with van der Waals surface area (Å²) in [4.78, 5) is 35.9. The molecule has 0 spiro atoms. The second-order valence-electron chi connectivity index (χ2n) is 13.2. The van der Waals surface area contributed by atoms with Gasteiger partial charge in [0.05, 0.1) is 41.3 Å². The van der Waals surface area contributed by atoms with Gasteiger partial charge in [-0.2, -0.15) is 0 Å². The Balaban J connectivity index is 1.59. The molecule has 0 saturated carbocycles. The third kappa shape index (κ3) is 14.2. The van der Waals surface area contributed by atoms with Crippen molar-refractivity contribution in [3.8, 4) is 11.5 Å². The molecule has 2 aromatic rings. The molecule has 10 heteroatoms. The normalized spacial score (nSPS) is 11.7. The first-order valence-corrected chi connectivity index (χ1v) is 15.6. The quantitative estimate of drug-likeness (QED) is 0.155. The van der Waals surface area contributed by atoms with Gasteiger partial charge in [0.1, 0.15) is 24.5 Å². The lowest BCUT2D eigenvalue weighted by Crippen LogP contribution is -2.40. The summed E-state index contributed by atoms with van der Waals surface area (Å²) < 4.78 is 12.6. The van der Waals surface area contributed by atoms with Gasteiger partial charge in [-0.05, 0) is 49.9 Å². The van der Waals surface area contributed by atoms with Crippen LogP contribution in [0.25, 0.3) is 0 Å². The number of ether oxygens (including phenoxy) is 2. The summed E-state index contributed by atoms with van der Waals surface area (Å²) in [6.45, 7) is 3.56. The topological polar surface area (TPSA) is 84.9 Å². The van der Waals surface area contributed by atoms with Crippen molar-refractivity contribution in [2.75, 3.05) is 69.5 Å². The SMILES string of the molecule is CN(C)C(=O)Oc1cccnc1C[N+](C)(C)CCCCCCCCCCC[N+](C)(C)Cc1ncccc1OC(=O)N(C)C. The molecule has 0 bridgehead atoms. The van der Waals surface area contributed by atoms with Crippen molar-refractivity contribution in [1.29, 1.82) is 0 Å². The number of nitrogens with zero attached hydrogens (tertiary/aromatic N) is 6. The number of carbonyl (C=O) groups excluding carboxylic acids is 2. The van der Waals surface area contributed by atoms with E-state index < -0.39 is 0 Å². The number of hydrogen-bond acceptors (Lipinski definition) is 6. The Bertz CT molecular complexity index is 1050. The minimum atomic E-state index is -0.386. The van der Waals surface area contributed by atoms with Crippen LogP contribution in [0.5, 0.6) is 11.5 Å². The van der Waals surface area contributed by atoms with Gasteiger partial charge in [-0.1, -0.05) is 32.1 Å². The molecule has 0 unspecified atom stereocenters. The predicted octanol–water partition coefficient (Wildman–Crippen LogP) is 5.96. The molecule has 0 aliphatic heterocycles. The van der Waals surface area contributed by atoms with Crippen LogP contribution < -0.4 is 9.47 Å². The number of rotatable bonds is 18. The first-order valence-electron chi connectivity index (χ1n) is 15.6. The first kappa shape index (κ1) is 36.0. The standard InChI is InChI=1S/C33H56N6O4/c1-36(2)32(40)42-30-20-18-22-34-28(30)26-38(5,6)24-16-14-12-10-9-11-13-15-17-25-39(7,8)27-29-31(21-19-23-35-29)43-33(41)37(3)4/h18-23H,9-17,24-27H2,1-8H3/q+2. The fraction of sp³-hybridized carbons (Fsp3) is 0.636. The minimum absolute atomic E-state index is 0.386. The molecular formula is C33H56N6O4+2. The molecule has 240 valence electrons. The molecule has 10 nitrogen and oxygen atoms in total. The summed E-state index contributed by atoms with van der Waals surface area (Å²) in [5.41, 5.74) is 1.63. The largest absolute Gasteiger partial charge is 0.414 e. The van der Waals surface area contributed by atoms with Crippen molar-refractivity contribution >= 4 is 12.2 Å². The Hall–Kier alpha value is -3.24. The van der Waals surface area contributed by atoms with Crippen LogP contribution in [0.2, 0.25) is 0 Å². The maximum absolute atomic E-state index is 12.0. The zero-order valence-electron chi connectivity index (χ0n) is 28.0. The van der Waals surface area contributed by atoms with E-state index in [2.05, 4.69) is 38.2 Å². The molecular weight excluding hydrogens is 544 g/mol. The summed E-state index contributed by atoms with van der Waals surface area (Å²) in [7, 11) is 15.5. The summed E-state index contributed by atoms with van der Waals surface area (Å²) in [6.07, 6.45) is 14.0. The van der Waals surface area contributed by atoms with Gasteiger partial charge in [0.15, 0.2) is 11.5 Å². The van der Waals surface area contributed by atoms with Crippen molar-refractivity contribution in [3.05, 3.63) is 48.0 Å². The van der Waals surface area contributed by atoms with Gasteiger partial charge in [0.25, 0.3) is 0 Å². The Kier molecular flexibility index (Phi) is 14.9. The molecule has 0 aliphatic rings. The van der Waals surface area contributed by atoms with Crippen LogP contribution in [0.3, 0.4) is 0 Å². The fourth-order valence-electron chi connectivity index (χ4n) is 4.93. The van der Waals surface area contributed by atoms with Crippen LogP contribution in [-0.4, -0.2) is 110 Å². The van der Waals surface area contributed by atoms with Gasteiger partial charge < -0.3 is 28.2 Å². The van der Waals surface area contributed by atoms with E-state index in [1.165, 1.54) is 67.6 Å². The molecule has 2 heterocycles. The highest BCUT2D eigenvalue weighted by Gasteiger charge is 2.22. The molecule has 0 N–H and O–H groups in total. The maximum Gasteiger partial charge on any atom is 0.414 e. The molecule has 0 radical (unpaired) electrons. The van der Waals surface area contributed by atoms with E-state index in [9.17, 15) is 9.59 Å². The van der Waals surface area contributed by atoms with Crippen LogP contribution in [-0.2, 0) is 13.1 Å². The van der Waals surface area contributed by atoms with Gasteiger partial charge in [0.2, 0.25) is 0 Å². The van der Waals surface area contributed by atoms with E-state index in [4.69, 9.17) is 9.47 Å². The van der Waals surface area contributed by atoms with Gasteiger partial charge in [-0.15, -0.1) is 0 Å². The Morgan fingerprint density at radius 3 is 1.26 bits per heavy atom. The van der Waals surface area contributed by atoms with Gasteiger partial charge in [-0.25, -0.2) is 9.59 Å². The van der Waals surface area contributed by atoms with Gasteiger partial charge in [-0.3, -0.25) is 9.97 Å². The molecule has 2 amide bonds. The Morgan fingerprint density at radius 2 is 0.930 bits per heavy atom. The summed E-state index contributed by atoms with van der Waals surface area (Å²) in [5, 5.41) is 0. The average Bonchev–Trinajstić information content (AvgIpc) is 2.93. The van der Waals surface area contributed by atoms with E-state index in [-0.39, 0.29) is 12.2 Å². The highest BCUT2D eigenvalue weighted by molar-refractivity contribution is 5.70. The zero-order valence-corrected chi connectivity index (χ0v) is 28.0. The maximum atomic E-state index is 12.0. The van der Waals surface area contributed by atoms with E-state index >= 15 is 0 Å². The highest BCUT2D eigenvalue weighted by Crippen LogP contribution is 2.22. The predicted molar refractivity (Wildman–Crippen MR) is 171 cm³/mol. The van der Waals surface area contributed by atoms with Crippen molar-refractivity contribution in [2.45, 2.75) is 70.9 Å². The summed E-state index contributed by atoms with van der Waals surface area (Å²) in [5.74, 6) is 1.08. The number of carbonyl (C=O) groups is 2. The Labute approximate surface area is 259 Å². The van der Waals surface area contributed by atoms with E-state index in [1.54, 1.807) is 52.7 Å². The second kappa shape index (κ2) is 17.8. The number of hydrogen-bond donors (Lipinski definition) is 0. The van der Waals surface area contributed by atoms with E-state index in [0.717, 1.165) is 46.5 Å². The smallest absolute Gasteiger partial charge is 0.408 e. The second-order valence-corrected chi connectivity index (χ2v) is 13.2. The lowest BCUT2D eigenvalue weighted by molar-refractivity contribution is -0.904. The third-order valence-electron chi connectivity index (χ3n) is 7.50. The van der Waals surface area contributed by atoms with E-state index in [0.29, 0.717) is 11.5 Å². The molecule has 0 atom stereocenters.